The lowest BCUT2D eigenvalue weighted by Crippen LogP contribution is -2.40. The second-order valence-corrected chi connectivity index (χ2v) is 7.68. The van der Waals surface area contributed by atoms with Crippen molar-refractivity contribution in [1.29, 1.82) is 0 Å². The van der Waals surface area contributed by atoms with Gasteiger partial charge >= 0.3 is 6.03 Å². The summed E-state index contributed by atoms with van der Waals surface area (Å²) in [7, 11) is 1.63. The molecule has 1 aromatic heterocycles. The van der Waals surface area contributed by atoms with Gasteiger partial charge in [0.15, 0.2) is 0 Å². The lowest BCUT2D eigenvalue weighted by atomic mass is 9.97. The number of rotatable bonds is 4. The van der Waals surface area contributed by atoms with E-state index in [1.54, 1.807) is 7.11 Å². The fraction of sp³-hybridized carbons (Fsp3) is 0.348. The smallest absolute Gasteiger partial charge is 0.321 e. The first kappa shape index (κ1) is 19.9. The first-order valence-electron chi connectivity index (χ1n) is 10.1. The minimum absolute atomic E-state index is 0.0684. The van der Waals surface area contributed by atoms with E-state index in [0.717, 1.165) is 35.4 Å². The molecule has 0 radical (unpaired) electrons. The monoisotopic (exact) mass is 406 g/mol. The van der Waals surface area contributed by atoms with E-state index >= 15 is 0 Å². The molecule has 1 aliphatic rings. The van der Waals surface area contributed by atoms with Crippen molar-refractivity contribution in [2.24, 2.45) is 0 Å². The van der Waals surface area contributed by atoms with Crippen LogP contribution in [0.5, 0.6) is 5.75 Å². The zero-order valence-electron chi connectivity index (χ0n) is 17.5. The van der Waals surface area contributed by atoms with Gasteiger partial charge in [-0.1, -0.05) is 11.2 Å². The van der Waals surface area contributed by atoms with E-state index in [1.165, 1.54) is 5.56 Å². The molecule has 30 heavy (non-hydrogen) atoms. The first-order valence-corrected chi connectivity index (χ1v) is 10.1. The summed E-state index contributed by atoms with van der Waals surface area (Å²) in [5, 5.41) is 7.12. The third kappa shape index (κ3) is 4.30. The van der Waals surface area contributed by atoms with Crippen molar-refractivity contribution in [1.82, 2.24) is 15.0 Å². The van der Waals surface area contributed by atoms with Crippen LogP contribution in [-0.4, -0.2) is 41.3 Å². The molecule has 0 saturated carbocycles. The van der Waals surface area contributed by atoms with E-state index in [-0.39, 0.29) is 11.9 Å². The number of amides is 2. The average Bonchev–Trinajstić information content (AvgIpc) is 3.27. The predicted molar refractivity (Wildman–Crippen MR) is 115 cm³/mol. The molecule has 7 nitrogen and oxygen atoms in total. The van der Waals surface area contributed by atoms with Gasteiger partial charge < -0.3 is 19.5 Å². The number of carbonyl (C=O) groups excluding carboxylic acids is 1. The van der Waals surface area contributed by atoms with Gasteiger partial charge in [0.05, 0.1) is 7.11 Å². The molecule has 7 heteroatoms. The van der Waals surface area contributed by atoms with Crippen LogP contribution in [-0.2, 0) is 0 Å². The Labute approximate surface area is 176 Å². The van der Waals surface area contributed by atoms with E-state index in [1.807, 2.05) is 54.3 Å². The fourth-order valence-corrected chi connectivity index (χ4v) is 3.61. The molecule has 2 heterocycles. The van der Waals surface area contributed by atoms with Crippen LogP contribution in [0.25, 0.3) is 11.4 Å². The van der Waals surface area contributed by atoms with E-state index < -0.39 is 0 Å². The minimum Gasteiger partial charge on any atom is -0.497 e. The number of hydrogen-bond acceptors (Lipinski definition) is 5. The van der Waals surface area contributed by atoms with Gasteiger partial charge in [-0.05, 0) is 74.2 Å². The minimum atomic E-state index is -0.0684. The van der Waals surface area contributed by atoms with Crippen LogP contribution in [0.15, 0.2) is 47.0 Å². The Morgan fingerprint density at radius 2 is 1.83 bits per heavy atom. The molecule has 1 saturated heterocycles. The third-order valence-electron chi connectivity index (χ3n) is 5.68. The molecule has 0 bridgehead atoms. The quantitative estimate of drug-likeness (QED) is 0.675. The number of aromatic nitrogens is 2. The summed E-state index contributed by atoms with van der Waals surface area (Å²) in [6.07, 6.45) is 1.59. The molecular weight excluding hydrogens is 380 g/mol. The Morgan fingerprint density at radius 1 is 1.10 bits per heavy atom. The van der Waals surface area contributed by atoms with Crippen molar-refractivity contribution in [3.63, 3.8) is 0 Å². The molecule has 1 N–H and O–H groups in total. The van der Waals surface area contributed by atoms with Gasteiger partial charge in [-0.2, -0.15) is 4.98 Å². The SMILES string of the molecule is COc1ccc(-c2noc(C3CCN(C(=O)Nc4ccc(C)c(C)c4)CC3)n2)cc1. The number of nitrogens with one attached hydrogen (secondary N) is 1. The molecule has 2 aromatic carbocycles. The number of anilines is 1. The van der Waals surface area contributed by atoms with Crippen LogP contribution >= 0.6 is 0 Å². The number of methoxy groups -OCH3 is 1. The Bertz CT molecular complexity index is 1020. The highest BCUT2D eigenvalue weighted by atomic mass is 16.5. The highest BCUT2D eigenvalue weighted by molar-refractivity contribution is 5.89. The van der Waals surface area contributed by atoms with Gasteiger partial charge in [-0.3, -0.25) is 0 Å². The summed E-state index contributed by atoms with van der Waals surface area (Å²) in [4.78, 5) is 19.0. The van der Waals surface area contributed by atoms with Crippen molar-refractivity contribution in [2.45, 2.75) is 32.6 Å². The summed E-state index contributed by atoms with van der Waals surface area (Å²) in [6.45, 7) is 5.41. The molecule has 1 aliphatic heterocycles. The Morgan fingerprint density at radius 3 is 2.50 bits per heavy atom. The van der Waals surface area contributed by atoms with Crippen LogP contribution in [0, 0.1) is 13.8 Å². The van der Waals surface area contributed by atoms with Crippen LogP contribution < -0.4 is 10.1 Å². The molecule has 2 amide bonds. The molecule has 0 spiro atoms. The summed E-state index contributed by atoms with van der Waals surface area (Å²) in [6, 6.07) is 13.5. The molecule has 1 fully saturated rings. The van der Waals surface area contributed by atoms with E-state index in [2.05, 4.69) is 22.4 Å². The largest absolute Gasteiger partial charge is 0.497 e. The van der Waals surface area contributed by atoms with Crippen molar-refractivity contribution in [3.8, 4) is 17.1 Å². The van der Waals surface area contributed by atoms with E-state index in [4.69, 9.17) is 9.26 Å². The predicted octanol–water partition coefficient (Wildman–Crippen LogP) is 4.77. The van der Waals surface area contributed by atoms with Crippen LogP contribution in [0.1, 0.15) is 35.8 Å². The fourth-order valence-electron chi connectivity index (χ4n) is 3.61. The second-order valence-electron chi connectivity index (χ2n) is 7.68. The summed E-state index contributed by atoms with van der Waals surface area (Å²) < 4.78 is 10.7. The van der Waals surface area contributed by atoms with Crippen molar-refractivity contribution in [2.75, 3.05) is 25.5 Å². The maximum absolute atomic E-state index is 12.6. The number of likely N-dealkylation sites (tertiary alicyclic amines) is 1. The number of piperidine rings is 1. The topological polar surface area (TPSA) is 80.5 Å². The maximum atomic E-state index is 12.6. The molecule has 156 valence electrons. The van der Waals surface area contributed by atoms with Gasteiger partial charge in [-0.15, -0.1) is 0 Å². The molecule has 0 atom stereocenters. The Balaban J connectivity index is 1.34. The number of urea groups is 1. The van der Waals surface area contributed by atoms with Gasteiger partial charge in [0.25, 0.3) is 0 Å². The number of nitrogens with zero attached hydrogens (tertiary/aromatic N) is 3. The summed E-state index contributed by atoms with van der Waals surface area (Å²) in [5.41, 5.74) is 4.08. The normalized spacial score (nSPS) is 14.6. The second kappa shape index (κ2) is 8.57. The number of carbonyl (C=O) groups is 1. The summed E-state index contributed by atoms with van der Waals surface area (Å²) in [5.74, 6) is 2.15. The molecular formula is C23H26N4O3. The number of hydrogen-bond donors (Lipinski definition) is 1. The van der Waals surface area contributed by atoms with Crippen molar-refractivity contribution in [3.05, 3.63) is 59.5 Å². The van der Waals surface area contributed by atoms with Crippen LogP contribution in [0.3, 0.4) is 0 Å². The standard InChI is InChI=1S/C23H26N4O3/c1-15-4-7-19(14-16(15)2)24-23(28)27-12-10-18(11-13-27)22-25-21(26-30-22)17-5-8-20(29-3)9-6-17/h4-9,14,18H,10-13H2,1-3H3,(H,24,28). The lowest BCUT2D eigenvalue weighted by Gasteiger charge is -2.30. The van der Waals surface area contributed by atoms with Crippen LogP contribution in [0.2, 0.25) is 0 Å². The van der Waals surface area contributed by atoms with Crippen molar-refractivity contribution >= 4 is 11.7 Å². The highest BCUT2D eigenvalue weighted by Crippen LogP contribution is 2.29. The zero-order chi connectivity index (χ0) is 21.1. The van der Waals surface area contributed by atoms with Crippen LogP contribution in [0.4, 0.5) is 10.5 Å². The van der Waals surface area contributed by atoms with Gasteiger partial charge in [0, 0.05) is 30.3 Å². The third-order valence-corrected chi connectivity index (χ3v) is 5.68. The molecule has 3 aromatic rings. The van der Waals surface area contributed by atoms with Gasteiger partial charge in [0.1, 0.15) is 5.75 Å². The highest BCUT2D eigenvalue weighted by Gasteiger charge is 2.27. The Hall–Kier alpha value is -3.35. The average molecular weight is 406 g/mol. The number of ether oxygens (including phenoxy) is 1. The molecule has 0 aliphatic carbocycles. The van der Waals surface area contributed by atoms with Gasteiger partial charge in [-0.25, -0.2) is 4.79 Å². The van der Waals surface area contributed by atoms with Crippen molar-refractivity contribution < 1.29 is 14.1 Å². The number of benzene rings is 2. The van der Waals surface area contributed by atoms with E-state index in [9.17, 15) is 4.79 Å². The van der Waals surface area contributed by atoms with E-state index in [0.29, 0.717) is 24.8 Å². The molecule has 0 unspecified atom stereocenters. The molecule has 4 rings (SSSR count). The van der Waals surface area contributed by atoms with Gasteiger partial charge in [0.2, 0.25) is 11.7 Å². The maximum Gasteiger partial charge on any atom is 0.321 e. The first-order chi connectivity index (χ1) is 14.5. The lowest BCUT2D eigenvalue weighted by molar-refractivity contribution is 0.187. The Kier molecular flexibility index (Phi) is 5.70. The zero-order valence-corrected chi connectivity index (χ0v) is 17.5. The number of aryl methyl sites for hydroxylation is 2. The summed E-state index contributed by atoms with van der Waals surface area (Å²) >= 11 is 0.